The highest BCUT2D eigenvalue weighted by atomic mass is 32.1. The Labute approximate surface area is 188 Å². The van der Waals surface area contributed by atoms with Gasteiger partial charge in [-0.25, -0.2) is 0 Å². The lowest BCUT2D eigenvalue weighted by Gasteiger charge is -2.22. The molecule has 2 N–H and O–H groups in total. The summed E-state index contributed by atoms with van der Waals surface area (Å²) >= 11 is 1.51. The number of hydrogen-bond donors (Lipinski definition) is 2. The maximum Gasteiger partial charge on any atom is 0.268 e. The summed E-state index contributed by atoms with van der Waals surface area (Å²) in [6.07, 6.45) is 2.53. The average molecular weight is 433 g/mol. The standard InChI is InChI=1S/C26H28N2O2S/c1-18(2)16-23(20-11-5-4-6-12-20)27-26(30)24(17-21-13-9-15-31-21)28-25(29)22-14-8-7-10-19(22)3/h4-15,17-18,23H,16H2,1-3H3,(H,27,30)(H,28,29)/b24-17-/t23-/m0/s1. The van der Waals surface area contributed by atoms with Gasteiger partial charge in [-0.2, -0.15) is 0 Å². The second-order valence-electron chi connectivity index (χ2n) is 7.91. The molecule has 0 aliphatic heterocycles. The molecule has 3 rings (SSSR count). The van der Waals surface area contributed by atoms with Crippen LogP contribution in [0.15, 0.2) is 77.8 Å². The number of carbonyl (C=O) groups excluding carboxylic acids is 2. The minimum absolute atomic E-state index is 0.143. The van der Waals surface area contributed by atoms with E-state index in [-0.39, 0.29) is 23.6 Å². The predicted molar refractivity (Wildman–Crippen MR) is 128 cm³/mol. The largest absolute Gasteiger partial charge is 0.344 e. The Morgan fingerprint density at radius 2 is 1.68 bits per heavy atom. The van der Waals surface area contributed by atoms with Gasteiger partial charge in [0.25, 0.3) is 11.8 Å². The second-order valence-corrected chi connectivity index (χ2v) is 8.89. The molecule has 5 heteroatoms. The molecule has 0 aliphatic rings. The molecule has 3 aromatic rings. The van der Waals surface area contributed by atoms with Crippen molar-refractivity contribution in [1.29, 1.82) is 0 Å². The molecule has 4 nitrogen and oxygen atoms in total. The monoisotopic (exact) mass is 432 g/mol. The summed E-state index contributed by atoms with van der Waals surface area (Å²) in [5.41, 5.74) is 2.69. The van der Waals surface area contributed by atoms with Gasteiger partial charge in [0, 0.05) is 10.4 Å². The summed E-state index contributed by atoms with van der Waals surface area (Å²) < 4.78 is 0. The van der Waals surface area contributed by atoms with Gasteiger partial charge in [-0.1, -0.05) is 68.4 Å². The Morgan fingerprint density at radius 1 is 0.968 bits per heavy atom. The number of carbonyl (C=O) groups is 2. The minimum atomic E-state index is -0.301. The number of hydrogen-bond acceptors (Lipinski definition) is 3. The van der Waals surface area contributed by atoms with Crippen molar-refractivity contribution in [2.24, 2.45) is 5.92 Å². The van der Waals surface area contributed by atoms with Gasteiger partial charge in [0.05, 0.1) is 6.04 Å². The van der Waals surface area contributed by atoms with Gasteiger partial charge in [-0.15, -0.1) is 11.3 Å². The van der Waals surface area contributed by atoms with Crippen molar-refractivity contribution >= 4 is 29.2 Å². The Bertz CT molecular complexity index is 1040. The highest BCUT2D eigenvalue weighted by molar-refractivity contribution is 7.10. The van der Waals surface area contributed by atoms with E-state index >= 15 is 0 Å². The number of thiophene rings is 1. The van der Waals surface area contributed by atoms with Crippen LogP contribution in [-0.2, 0) is 4.79 Å². The van der Waals surface area contributed by atoms with Crippen molar-refractivity contribution < 1.29 is 9.59 Å². The Morgan fingerprint density at radius 3 is 2.32 bits per heavy atom. The smallest absolute Gasteiger partial charge is 0.268 e. The van der Waals surface area contributed by atoms with Crippen LogP contribution in [0.5, 0.6) is 0 Å². The zero-order valence-electron chi connectivity index (χ0n) is 18.1. The molecule has 0 spiro atoms. The maximum absolute atomic E-state index is 13.3. The first-order chi connectivity index (χ1) is 14.9. The van der Waals surface area contributed by atoms with E-state index in [9.17, 15) is 9.59 Å². The zero-order valence-corrected chi connectivity index (χ0v) is 18.9. The van der Waals surface area contributed by atoms with E-state index in [1.54, 1.807) is 12.1 Å². The van der Waals surface area contributed by atoms with Crippen LogP contribution < -0.4 is 10.6 Å². The quantitative estimate of drug-likeness (QED) is 0.447. The van der Waals surface area contributed by atoms with Gasteiger partial charge in [-0.3, -0.25) is 9.59 Å². The molecule has 0 bridgehead atoms. The van der Waals surface area contributed by atoms with Gasteiger partial charge in [0.15, 0.2) is 0 Å². The molecule has 2 aromatic carbocycles. The van der Waals surface area contributed by atoms with Crippen molar-refractivity contribution in [2.75, 3.05) is 0 Å². The van der Waals surface area contributed by atoms with E-state index in [4.69, 9.17) is 0 Å². The molecular weight excluding hydrogens is 404 g/mol. The molecule has 0 saturated heterocycles. The van der Waals surface area contributed by atoms with E-state index < -0.39 is 0 Å². The number of nitrogens with one attached hydrogen (secondary N) is 2. The lowest BCUT2D eigenvalue weighted by atomic mass is 9.97. The Hall–Kier alpha value is -3.18. The van der Waals surface area contributed by atoms with Crippen LogP contribution in [0.4, 0.5) is 0 Å². The first kappa shape index (κ1) is 22.5. The van der Waals surface area contributed by atoms with Crippen molar-refractivity contribution in [3.05, 3.63) is 99.4 Å². The molecule has 2 amide bonds. The number of rotatable bonds is 8. The van der Waals surface area contributed by atoms with Crippen LogP contribution in [-0.4, -0.2) is 11.8 Å². The number of benzene rings is 2. The molecule has 160 valence electrons. The molecule has 1 heterocycles. The van der Waals surface area contributed by atoms with Gasteiger partial charge < -0.3 is 10.6 Å². The lowest BCUT2D eigenvalue weighted by Crippen LogP contribution is -2.37. The van der Waals surface area contributed by atoms with Crippen LogP contribution >= 0.6 is 11.3 Å². The molecule has 0 saturated carbocycles. The van der Waals surface area contributed by atoms with Crippen molar-refractivity contribution in [3.63, 3.8) is 0 Å². The molecule has 0 aliphatic carbocycles. The van der Waals surface area contributed by atoms with Crippen molar-refractivity contribution in [3.8, 4) is 0 Å². The Kier molecular flexibility index (Phi) is 7.79. The van der Waals surface area contributed by atoms with Crippen LogP contribution in [0.3, 0.4) is 0 Å². The fraction of sp³-hybridized carbons (Fsp3) is 0.231. The zero-order chi connectivity index (χ0) is 22.2. The van der Waals surface area contributed by atoms with Gasteiger partial charge in [0.2, 0.25) is 0 Å². The molecule has 0 radical (unpaired) electrons. The van der Waals surface area contributed by atoms with Crippen LogP contribution in [0.2, 0.25) is 0 Å². The summed E-state index contributed by atoms with van der Waals surface area (Å²) in [5, 5.41) is 7.91. The first-order valence-electron chi connectivity index (χ1n) is 10.4. The van der Waals surface area contributed by atoms with Crippen molar-refractivity contribution in [2.45, 2.75) is 33.2 Å². The summed E-state index contributed by atoms with van der Waals surface area (Å²) in [6, 6.07) is 21.0. The molecular formula is C26H28N2O2S. The fourth-order valence-electron chi connectivity index (χ4n) is 3.36. The predicted octanol–water partition coefficient (Wildman–Crippen LogP) is 5.73. The molecule has 0 fully saturated rings. The van der Waals surface area contributed by atoms with Crippen LogP contribution in [0.25, 0.3) is 6.08 Å². The summed E-state index contributed by atoms with van der Waals surface area (Å²) in [4.78, 5) is 27.1. The van der Waals surface area contributed by atoms with Gasteiger partial charge >= 0.3 is 0 Å². The third-order valence-corrected chi connectivity index (χ3v) is 5.75. The van der Waals surface area contributed by atoms with Crippen LogP contribution in [0.1, 0.15) is 52.7 Å². The third-order valence-electron chi connectivity index (χ3n) is 4.93. The van der Waals surface area contributed by atoms with Gasteiger partial charge in [0.1, 0.15) is 5.70 Å². The highest BCUT2D eigenvalue weighted by Crippen LogP contribution is 2.22. The topological polar surface area (TPSA) is 58.2 Å². The summed E-state index contributed by atoms with van der Waals surface area (Å²) in [6.45, 7) is 6.14. The van der Waals surface area contributed by atoms with E-state index in [0.717, 1.165) is 22.4 Å². The maximum atomic E-state index is 13.3. The minimum Gasteiger partial charge on any atom is -0.344 e. The van der Waals surface area contributed by atoms with Crippen LogP contribution in [0, 0.1) is 12.8 Å². The second kappa shape index (κ2) is 10.7. The molecule has 1 atom stereocenters. The lowest BCUT2D eigenvalue weighted by molar-refractivity contribution is -0.118. The van der Waals surface area contributed by atoms with E-state index in [1.807, 2.05) is 73.0 Å². The SMILES string of the molecule is Cc1ccccc1C(=O)N/C(=C\c1cccs1)C(=O)N[C@@H](CC(C)C)c1ccccc1. The first-order valence-corrected chi connectivity index (χ1v) is 11.3. The van der Waals surface area contributed by atoms with Crippen molar-refractivity contribution in [1.82, 2.24) is 10.6 Å². The Balaban J connectivity index is 1.87. The van der Waals surface area contributed by atoms with E-state index in [2.05, 4.69) is 24.5 Å². The number of amides is 2. The summed E-state index contributed by atoms with van der Waals surface area (Å²) in [7, 11) is 0. The average Bonchev–Trinajstić information content (AvgIpc) is 3.26. The highest BCUT2D eigenvalue weighted by Gasteiger charge is 2.21. The van der Waals surface area contributed by atoms with Gasteiger partial charge in [-0.05, 0) is 54.0 Å². The van der Waals surface area contributed by atoms with E-state index in [1.165, 1.54) is 11.3 Å². The fourth-order valence-corrected chi connectivity index (χ4v) is 4.02. The molecule has 1 aromatic heterocycles. The van der Waals surface area contributed by atoms with E-state index in [0.29, 0.717) is 11.5 Å². The molecule has 0 unspecified atom stereocenters. The third kappa shape index (κ3) is 6.40. The summed E-state index contributed by atoms with van der Waals surface area (Å²) in [5.74, 6) is -0.196. The molecule has 31 heavy (non-hydrogen) atoms. The number of aryl methyl sites for hydroxylation is 1. The normalized spacial score (nSPS) is 12.5.